The number of carbonyl (C=O) groups is 1. The van der Waals surface area contributed by atoms with Gasteiger partial charge in [0.05, 0.1) is 17.4 Å². The first kappa shape index (κ1) is 15.0. The lowest BCUT2D eigenvalue weighted by atomic mass is 10.2. The van der Waals surface area contributed by atoms with Gasteiger partial charge in [0.1, 0.15) is 12.4 Å². The number of anilines is 2. The van der Waals surface area contributed by atoms with Crippen molar-refractivity contribution in [2.24, 2.45) is 5.73 Å². The summed E-state index contributed by atoms with van der Waals surface area (Å²) in [6.07, 6.45) is -0.501. The van der Waals surface area contributed by atoms with Gasteiger partial charge in [-0.2, -0.15) is 0 Å². The SMILES string of the molecule is CN1CCN(c2ccc(N3C(=O)OC[C@H]3CN)cc2F)C1=S. The number of rotatable bonds is 3. The van der Waals surface area contributed by atoms with E-state index in [1.807, 2.05) is 11.9 Å². The number of cyclic esters (lactones) is 1. The summed E-state index contributed by atoms with van der Waals surface area (Å²) in [7, 11) is 1.88. The molecule has 0 spiro atoms. The van der Waals surface area contributed by atoms with Crippen LogP contribution in [0.15, 0.2) is 18.2 Å². The smallest absolute Gasteiger partial charge is 0.414 e. The fourth-order valence-electron chi connectivity index (χ4n) is 2.69. The Bertz CT molecular complexity index is 627. The number of hydrogen-bond donors (Lipinski definition) is 1. The van der Waals surface area contributed by atoms with Gasteiger partial charge < -0.3 is 20.3 Å². The third-order valence-electron chi connectivity index (χ3n) is 3.95. The number of nitrogens with two attached hydrogens (primary N) is 1. The van der Waals surface area contributed by atoms with E-state index in [1.54, 1.807) is 17.0 Å². The molecular weight excluding hydrogens is 307 g/mol. The second kappa shape index (κ2) is 5.69. The third kappa shape index (κ3) is 2.38. The summed E-state index contributed by atoms with van der Waals surface area (Å²) in [6, 6.07) is 4.38. The van der Waals surface area contributed by atoms with Crippen LogP contribution in [-0.4, -0.2) is 55.4 Å². The normalized spacial score (nSPS) is 21.8. The molecule has 2 N–H and O–H groups in total. The summed E-state index contributed by atoms with van der Waals surface area (Å²) in [5.41, 5.74) is 6.48. The summed E-state index contributed by atoms with van der Waals surface area (Å²) in [6.45, 7) is 1.88. The molecular formula is C14H17FN4O2S. The maximum Gasteiger partial charge on any atom is 0.414 e. The van der Waals surface area contributed by atoms with Crippen LogP contribution in [-0.2, 0) is 4.74 Å². The van der Waals surface area contributed by atoms with Gasteiger partial charge in [0.15, 0.2) is 5.11 Å². The lowest BCUT2D eigenvalue weighted by Crippen LogP contribution is -2.39. The number of ether oxygens (including phenoxy) is 1. The molecule has 0 aliphatic carbocycles. The molecule has 0 aromatic heterocycles. The molecule has 0 bridgehead atoms. The molecule has 0 unspecified atom stereocenters. The lowest BCUT2D eigenvalue weighted by Gasteiger charge is -2.23. The minimum absolute atomic E-state index is 0.222. The van der Waals surface area contributed by atoms with Crippen LogP contribution in [0, 0.1) is 5.82 Å². The molecule has 2 aliphatic heterocycles. The van der Waals surface area contributed by atoms with Gasteiger partial charge in [0.25, 0.3) is 0 Å². The number of carbonyl (C=O) groups excluding carboxylic acids is 1. The monoisotopic (exact) mass is 324 g/mol. The van der Waals surface area contributed by atoms with E-state index in [9.17, 15) is 9.18 Å². The molecule has 0 saturated carbocycles. The van der Waals surface area contributed by atoms with Gasteiger partial charge in [-0.1, -0.05) is 0 Å². The first-order valence-corrected chi connectivity index (χ1v) is 7.42. The number of likely N-dealkylation sites (N-methyl/N-ethyl adjacent to an activating group) is 1. The maximum absolute atomic E-state index is 14.5. The average Bonchev–Trinajstić information content (AvgIpc) is 3.03. The van der Waals surface area contributed by atoms with E-state index >= 15 is 0 Å². The Morgan fingerprint density at radius 3 is 2.82 bits per heavy atom. The van der Waals surface area contributed by atoms with E-state index < -0.39 is 11.9 Å². The van der Waals surface area contributed by atoms with Gasteiger partial charge in [-0.25, -0.2) is 9.18 Å². The molecule has 8 heteroatoms. The number of amides is 1. The number of thiocarbonyl (C=S) groups is 1. The Morgan fingerprint density at radius 1 is 1.45 bits per heavy atom. The highest BCUT2D eigenvalue weighted by molar-refractivity contribution is 7.80. The van der Waals surface area contributed by atoms with Crippen LogP contribution < -0.4 is 15.5 Å². The fraction of sp³-hybridized carbons (Fsp3) is 0.429. The molecule has 1 aromatic carbocycles. The van der Waals surface area contributed by atoms with Gasteiger partial charge >= 0.3 is 6.09 Å². The standard InChI is InChI=1S/C14H17FN4O2S/c1-17-4-5-18(13(17)22)12-3-2-9(6-11(12)15)19-10(7-16)8-21-14(19)20/h2-3,6,10H,4-5,7-8,16H2,1H3/t10-/m1/s1. The van der Waals surface area contributed by atoms with Crippen LogP contribution in [0.3, 0.4) is 0 Å². The second-order valence-corrected chi connectivity index (χ2v) is 5.69. The molecule has 6 nitrogen and oxygen atoms in total. The summed E-state index contributed by atoms with van der Waals surface area (Å²) < 4.78 is 19.5. The average molecular weight is 324 g/mol. The molecule has 2 saturated heterocycles. The van der Waals surface area contributed by atoms with Crippen LogP contribution in [0.25, 0.3) is 0 Å². The van der Waals surface area contributed by atoms with E-state index in [1.165, 1.54) is 11.0 Å². The minimum Gasteiger partial charge on any atom is -0.447 e. The molecule has 2 heterocycles. The molecule has 3 rings (SSSR count). The Kier molecular flexibility index (Phi) is 3.88. The van der Waals surface area contributed by atoms with Crippen molar-refractivity contribution in [2.45, 2.75) is 6.04 Å². The van der Waals surface area contributed by atoms with E-state index in [2.05, 4.69) is 0 Å². The van der Waals surface area contributed by atoms with Crippen molar-refractivity contribution < 1.29 is 13.9 Å². The summed E-state index contributed by atoms with van der Waals surface area (Å²) in [5, 5.41) is 0.590. The van der Waals surface area contributed by atoms with Gasteiger partial charge in [-0.05, 0) is 30.4 Å². The van der Waals surface area contributed by atoms with E-state index in [0.29, 0.717) is 23.0 Å². The molecule has 1 aromatic rings. The van der Waals surface area contributed by atoms with Gasteiger partial charge in [-0.3, -0.25) is 4.90 Å². The predicted octanol–water partition coefficient (Wildman–Crippen LogP) is 1.15. The fourth-order valence-corrected chi connectivity index (χ4v) is 2.97. The van der Waals surface area contributed by atoms with Crippen molar-refractivity contribution in [1.29, 1.82) is 0 Å². The third-order valence-corrected chi connectivity index (χ3v) is 4.48. The van der Waals surface area contributed by atoms with Crippen molar-refractivity contribution in [2.75, 3.05) is 43.1 Å². The highest BCUT2D eigenvalue weighted by Gasteiger charge is 2.34. The number of hydrogen-bond acceptors (Lipinski definition) is 4. The number of benzene rings is 1. The van der Waals surface area contributed by atoms with Crippen LogP contribution in [0.1, 0.15) is 0 Å². The zero-order chi connectivity index (χ0) is 15.9. The second-order valence-electron chi connectivity index (χ2n) is 5.33. The topological polar surface area (TPSA) is 62.0 Å². The van der Waals surface area contributed by atoms with E-state index in [0.717, 1.165) is 6.54 Å². The van der Waals surface area contributed by atoms with Crippen LogP contribution in [0.4, 0.5) is 20.6 Å². The molecule has 0 radical (unpaired) electrons. The summed E-state index contributed by atoms with van der Waals surface area (Å²) >= 11 is 5.29. The maximum atomic E-state index is 14.5. The van der Waals surface area contributed by atoms with Crippen LogP contribution in [0.2, 0.25) is 0 Å². The molecule has 1 amide bonds. The predicted molar refractivity (Wildman–Crippen MR) is 85.6 cm³/mol. The Morgan fingerprint density at radius 2 is 2.23 bits per heavy atom. The van der Waals surface area contributed by atoms with Crippen molar-refractivity contribution in [3.05, 3.63) is 24.0 Å². The Labute approximate surface area is 133 Å². The molecule has 118 valence electrons. The van der Waals surface area contributed by atoms with Crippen LogP contribution in [0.5, 0.6) is 0 Å². The van der Waals surface area contributed by atoms with Gasteiger partial charge in [-0.15, -0.1) is 0 Å². The van der Waals surface area contributed by atoms with Crippen molar-refractivity contribution in [3.8, 4) is 0 Å². The first-order valence-electron chi connectivity index (χ1n) is 7.01. The summed E-state index contributed by atoms with van der Waals surface area (Å²) in [4.78, 5) is 16.8. The van der Waals surface area contributed by atoms with Crippen molar-refractivity contribution in [1.82, 2.24) is 4.90 Å². The van der Waals surface area contributed by atoms with E-state index in [-0.39, 0.29) is 19.2 Å². The van der Waals surface area contributed by atoms with E-state index in [4.69, 9.17) is 22.7 Å². The summed E-state index contributed by atoms with van der Waals surface area (Å²) in [5.74, 6) is -0.425. The number of nitrogens with zero attached hydrogens (tertiary/aromatic N) is 3. The minimum atomic E-state index is -0.501. The van der Waals surface area contributed by atoms with Gasteiger partial charge in [0.2, 0.25) is 0 Å². The number of halogens is 1. The zero-order valence-corrected chi connectivity index (χ0v) is 13.0. The van der Waals surface area contributed by atoms with Crippen molar-refractivity contribution in [3.63, 3.8) is 0 Å². The molecule has 2 aliphatic rings. The largest absolute Gasteiger partial charge is 0.447 e. The highest BCUT2D eigenvalue weighted by atomic mass is 32.1. The molecule has 22 heavy (non-hydrogen) atoms. The quantitative estimate of drug-likeness (QED) is 0.842. The zero-order valence-electron chi connectivity index (χ0n) is 12.2. The Balaban J connectivity index is 1.89. The first-order chi connectivity index (χ1) is 10.5. The van der Waals surface area contributed by atoms with Gasteiger partial charge in [0, 0.05) is 26.7 Å². The van der Waals surface area contributed by atoms with Crippen LogP contribution >= 0.6 is 12.2 Å². The molecule has 1 atom stereocenters. The van der Waals surface area contributed by atoms with Crippen molar-refractivity contribution >= 4 is 34.8 Å². The highest BCUT2D eigenvalue weighted by Crippen LogP contribution is 2.30. The molecule has 2 fully saturated rings. The Hall–Kier alpha value is -1.93. The lowest BCUT2D eigenvalue weighted by molar-refractivity contribution is 0.179.